The zero-order chi connectivity index (χ0) is 16.0. The molecule has 0 radical (unpaired) electrons. The Bertz CT molecular complexity index is 520. The van der Waals surface area contributed by atoms with E-state index in [0.29, 0.717) is 29.4 Å². The van der Waals surface area contributed by atoms with Crippen LogP contribution in [0, 0.1) is 0 Å². The maximum atomic E-state index is 12.4. The number of halogens is 2. The molecule has 5 nitrogen and oxygen atoms in total. The van der Waals surface area contributed by atoms with Crippen molar-refractivity contribution >= 4 is 41.5 Å². The van der Waals surface area contributed by atoms with Gasteiger partial charge in [0.1, 0.15) is 0 Å². The standard InChI is InChI=1S/C15H22ClN3O2.ClH/c1-4-18(5-2)8-9-19(11(3)20)15(21)12-6-7-14(17)13(16)10-12;/h6-7,10H,4-5,8-9,17H2,1-3H3;1H. The van der Waals surface area contributed by atoms with Crippen LogP contribution in [0.4, 0.5) is 5.69 Å². The van der Waals surface area contributed by atoms with Gasteiger partial charge in [-0.25, -0.2) is 0 Å². The molecule has 1 rings (SSSR count). The number of anilines is 1. The molecule has 0 aliphatic heterocycles. The Morgan fingerprint density at radius 3 is 2.23 bits per heavy atom. The number of nitrogens with two attached hydrogens (primary N) is 1. The fraction of sp³-hybridized carbons (Fsp3) is 0.467. The summed E-state index contributed by atoms with van der Waals surface area (Å²) in [6.45, 7) is 8.25. The third-order valence-electron chi connectivity index (χ3n) is 3.41. The molecule has 0 heterocycles. The number of amides is 2. The molecule has 0 fully saturated rings. The first-order valence-electron chi connectivity index (χ1n) is 7.00. The number of nitrogens with zero attached hydrogens (tertiary/aromatic N) is 2. The molecule has 7 heteroatoms. The first kappa shape index (κ1) is 20.7. The molecule has 0 aromatic heterocycles. The maximum Gasteiger partial charge on any atom is 0.260 e. The minimum atomic E-state index is -0.350. The van der Waals surface area contributed by atoms with Gasteiger partial charge < -0.3 is 10.6 Å². The third kappa shape index (κ3) is 5.48. The molecule has 0 bridgehead atoms. The van der Waals surface area contributed by atoms with Crippen LogP contribution in [0.2, 0.25) is 5.02 Å². The minimum Gasteiger partial charge on any atom is -0.398 e. The van der Waals surface area contributed by atoms with Gasteiger partial charge in [-0.05, 0) is 31.3 Å². The van der Waals surface area contributed by atoms with Gasteiger partial charge in [0.05, 0.1) is 10.7 Å². The van der Waals surface area contributed by atoms with Crippen molar-refractivity contribution in [3.63, 3.8) is 0 Å². The van der Waals surface area contributed by atoms with Crippen LogP contribution >= 0.6 is 24.0 Å². The summed E-state index contributed by atoms with van der Waals surface area (Å²) in [5, 5.41) is 0.313. The molecule has 124 valence electrons. The van der Waals surface area contributed by atoms with Crippen LogP contribution in [0.1, 0.15) is 31.1 Å². The van der Waals surface area contributed by atoms with Crippen LogP contribution in [0.5, 0.6) is 0 Å². The second-order valence-corrected chi connectivity index (χ2v) is 5.15. The van der Waals surface area contributed by atoms with E-state index in [-0.39, 0.29) is 24.2 Å². The van der Waals surface area contributed by atoms with E-state index in [2.05, 4.69) is 4.90 Å². The summed E-state index contributed by atoms with van der Waals surface area (Å²) in [5.74, 6) is -0.628. The summed E-state index contributed by atoms with van der Waals surface area (Å²) in [6, 6.07) is 4.64. The molecule has 0 unspecified atom stereocenters. The monoisotopic (exact) mass is 347 g/mol. The largest absolute Gasteiger partial charge is 0.398 e. The Kier molecular flexibility index (Phi) is 9.09. The number of hydrogen-bond acceptors (Lipinski definition) is 4. The van der Waals surface area contributed by atoms with E-state index in [1.807, 2.05) is 13.8 Å². The minimum absolute atomic E-state index is 0. The second-order valence-electron chi connectivity index (χ2n) is 4.74. The van der Waals surface area contributed by atoms with Gasteiger partial charge >= 0.3 is 0 Å². The predicted molar refractivity (Wildman–Crippen MR) is 92.6 cm³/mol. The zero-order valence-corrected chi connectivity index (χ0v) is 14.7. The number of carbonyl (C=O) groups is 2. The Balaban J connectivity index is 0.00000441. The van der Waals surface area contributed by atoms with E-state index in [0.717, 1.165) is 13.1 Å². The molecule has 0 spiro atoms. The molecule has 0 saturated carbocycles. The van der Waals surface area contributed by atoms with Gasteiger partial charge in [0.2, 0.25) is 5.91 Å². The SMILES string of the molecule is CCN(CC)CCN(C(C)=O)C(=O)c1ccc(N)c(Cl)c1.Cl. The lowest BCUT2D eigenvalue weighted by Gasteiger charge is -2.24. The zero-order valence-electron chi connectivity index (χ0n) is 13.1. The van der Waals surface area contributed by atoms with Crippen molar-refractivity contribution in [2.75, 3.05) is 31.9 Å². The first-order chi connectivity index (χ1) is 9.90. The number of imide groups is 1. The number of nitrogen functional groups attached to an aromatic ring is 1. The molecule has 0 aliphatic rings. The Morgan fingerprint density at radius 1 is 1.18 bits per heavy atom. The summed E-state index contributed by atoms with van der Waals surface area (Å²) in [7, 11) is 0. The van der Waals surface area contributed by atoms with Crippen LogP contribution in [0.25, 0.3) is 0 Å². The molecular weight excluding hydrogens is 325 g/mol. The Hall–Kier alpha value is -1.30. The van der Waals surface area contributed by atoms with Crippen LogP contribution in [0.15, 0.2) is 18.2 Å². The number of benzene rings is 1. The van der Waals surface area contributed by atoms with Gasteiger partial charge in [-0.2, -0.15) is 0 Å². The highest BCUT2D eigenvalue weighted by molar-refractivity contribution is 6.33. The smallest absolute Gasteiger partial charge is 0.260 e. The third-order valence-corrected chi connectivity index (χ3v) is 3.73. The van der Waals surface area contributed by atoms with Crippen molar-refractivity contribution in [2.24, 2.45) is 0 Å². The van der Waals surface area contributed by atoms with E-state index in [4.69, 9.17) is 17.3 Å². The molecule has 2 amide bonds. The lowest BCUT2D eigenvalue weighted by Crippen LogP contribution is -2.41. The molecule has 2 N–H and O–H groups in total. The van der Waals surface area contributed by atoms with Gasteiger partial charge in [-0.15, -0.1) is 12.4 Å². The second kappa shape index (κ2) is 9.66. The van der Waals surface area contributed by atoms with Gasteiger partial charge in [-0.1, -0.05) is 25.4 Å². The predicted octanol–water partition coefficient (Wildman–Crippen LogP) is 2.67. The van der Waals surface area contributed by atoms with Crippen LogP contribution in [-0.2, 0) is 4.79 Å². The van der Waals surface area contributed by atoms with Gasteiger partial charge in [0.25, 0.3) is 5.91 Å². The lowest BCUT2D eigenvalue weighted by atomic mass is 10.1. The Morgan fingerprint density at radius 2 is 1.77 bits per heavy atom. The average Bonchev–Trinajstić information content (AvgIpc) is 2.45. The highest BCUT2D eigenvalue weighted by atomic mass is 35.5. The van der Waals surface area contributed by atoms with Crippen molar-refractivity contribution in [3.8, 4) is 0 Å². The Labute approximate surface area is 142 Å². The summed E-state index contributed by atoms with van der Waals surface area (Å²) in [4.78, 5) is 27.5. The number of rotatable bonds is 6. The normalized spacial score (nSPS) is 10.2. The van der Waals surface area contributed by atoms with Crippen molar-refractivity contribution < 1.29 is 9.59 Å². The van der Waals surface area contributed by atoms with E-state index in [1.54, 1.807) is 12.1 Å². The molecule has 22 heavy (non-hydrogen) atoms. The van der Waals surface area contributed by atoms with Crippen molar-refractivity contribution in [3.05, 3.63) is 28.8 Å². The van der Waals surface area contributed by atoms with Gasteiger partial charge in [-0.3, -0.25) is 14.5 Å². The van der Waals surface area contributed by atoms with E-state index in [9.17, 15) is 9.59 Å². The molecule has 1 aromatic carbocycles. The van der Waals surface area contributed by atoms with E-state index < -0.39 is 0 Å². The van der Waals surface area contributed by atoms with E-state index >= 15 is 0 Å². The van der Waals surface area contributed by atoms with Crippen molar-refractivity contribution in [1.82, 2.24) is 9.80 Å². The summed E-state index contributed by atoms with van der Waals surface area (Å²) in [5.41, 5.74) is 6.40. The number of hydrogen-bond donors (Lipinski definition) is 1. The highest BCUT2D eigenvalue weighted by Crippen LogP contribution is 2.20. The van der Waals surface area contributed by atoms with Crippen molar-refractivity contribution in [2.45, 2.75) is 20.8 Å². The highest BCUT2D eigenvalue weighted by Gasteiger charge is 2.20. The van der Waals surface area contributed by atoms with E-state index in [1.165, 1.54) is 17.9 Å². The van der Waals surface area contributed by atoms with Crippen LogP contribution in [0.3, 0.4) is 0 Å². The summed E-state index contributed by atoms with van der Waals surface area (Å²) >= 11 is 5.93. The molecule has 0 atom stereocenters. The van der Waals surface area contributed by atoms with Gasteiger partial charge in [0, 0.05) is 25.6 Å². The topological polar surface area (TPSA) is 66.6 Å². The summed E-state index contributed by atoms with van der Waals surface area (Å²) in [6.07, 6.45) is 0. The fourth-order valence-corrected chi connectivity index (χ4v) is 2.18. The van der Waals surface area contributed by atoms with Crippen LogP contribution in [-0.4, -0.2) is 47.8 Å². The maximum absolute atomic E-state index is 12.4. The fourth-order valence-electron chi connectivity index (χ4n) is 2.00. The number of likely N-dealkylation sites (N-methyl/N-ethyl adjacent to an activating group) is 1. The molecule has 0 saturated heterocycles. The average molecular weight is 348 g/mol. The molecule has 1 aromatic rings. The van der Waals surface area contributed by atoms with Crippen molar-refractivity contribution in [1.29, 1.82) is 0 Å². The van der Waals surface area contributed by atoms with Crippen LogP contribution < -0.4 is 5.73 Å². The lowest BCUT2D eigenvalue weighted by molar-refractivity contribution is -0.126. The van der Waals surface area contributed by atoms with Gasteiger partial charge in [0.15, 0.2) is 0 Å². The first-order valence-corrected chi connectivity index (χ1v) is 7.38. The summed E-state index contributed by atoms with van der Waals surface area (Å²) < 4.78 is 0. The molecular formula is C15H23Cl2N3O2. The number of carbonyl (C=O) groups excluding carboxylic acids is 2. The quantitative estimate of drug-likeness (QED) is 0.803. The molecule has 0 aliphatic carbocycles.